The van der Waals surface area contributed by atoms with E-state index < -0.39 is 0 Å². The third-order valence-corrected chi connectivity index (χ3v) is 4.66. The highest BCUT2D eigenvalue weighted by molar-refractivity contribution is 8.26. The molecule has 0 bridgehead atoms. The minimum Gasteiger partial charge on any atom is -0.490 e. The van der Waals surface area contributed by atoms with Gasteiger partial charge in [0, 0.05) is 6.54 Å². The number of thioether (sulfide) groups is 1. The van der Waals surface area contributed by atoms with Crippen LogP contribution in [0.3, 0.4) is 0 Å². The molecule has 1 amide bonds. The fourth-order valence-electron chi connectivity index (χ4n) is 2.33. The van der Waals surface area contributed by atoms with Crippen LogP contribution in [0.5, 0.6) is 11.5 Å². The Bertz CT molecular complexity index is 656. The number of ether oxygens (including phenoxy) is 2. The number of carbonyl (C=O) groups excluding carboxylic acids is 1. The number of rotatable bonds is 7. The smallest absolute Gasteiger partial charge is 0.266 e. The number of thiocarbonyl (C=S) groups is 1. The molecule has 130 valence electrons. The second kappa shape index (κ2) is 8.53. The van der Waals surface area contributed by atoms with Gasteiger partial charge in [0.1, 0.15) is 4.32 Å². The maximum atomic E-state index is 12.5. The SMILES string of the molecule is CCOc1ccc(/C=C2\SC(=S)N(CC(C)C)C2=O)cc1OCC. The van der Waals surface area contributed by atoms with Crippen LogP contribution in [0.15, 0.2) is 23.1 Å². The summed E-state index contributed by atoms with van der Waals surface area (Å²) in [6, 6.07) is 5.68. The quantitative estimate of drug-likeness (QED) is 0.531. The monoisotopic (exact) mass is 365 g/mol. The molecule has 0 radical (unpaired) electrons. The van der Waals surface area contributed by atoms with E-state index in [0.29, 0.717) is 46.4 Å². The van der Waals surface area contributed by atoms with Gasteiger partial charge in [-0.2, -0.15) is 0 Å². The van der Waals surface area contributed by atoms with E-state index in [1.165, 1.54) is 11.8 Å². The molecule has 1 heterocycles. The summed E-state index contributed by atoms with van der Waals surface area (Å²) in [6.45, 7) is 9.79. The molecule has 1 saturated heterocycles. The number of amides is 1. The lowest BCUT2D eigenvalue weighted by atomic mass is 10.1. The summed E-state index contributed by atoms with van der Waals surface area (Å²) in [5.74, 6) is 1.75. The molecule has 2 rings (SSSR count). The van der Waals surface area contributed by atoms with Crippen LogP contribution in [0.4, 0.5) is 0 Å². The van der Waals surface area contributed by atoms with Crippen molar-refractivity contribution in [2.24, 2.45) is 5.92 Å². The zero-order valence-corrected chi connectivity index (χ0v) is 16.1. The molecule has 1 aromatic rings. The van der Waals surface area contributed by atoms with Crippen molar-refractivity contribution < 1.29 is 14.3 Å². The van der Waals surface area contributed by atoms with E-state index >= 15 is 0 Å². The van der Waals surface area contributed by atoms with Gasteiger partial charge in [-0.3, -0.25) is 9.69 Å². The number of nitrogens with zero attached hydrogens (tertiary/aromatic N) is 1. The zero-order valence-electron chi connectivity index (χ0n) is 14.5. The number of carbonyl (C=O) groups is 1. The topological polar surface area (TPSA) is 38.8 Å². The lowest BCUT2D eigenvalue weighted by molar-refractivity contribution is -0.122. The van der Waals surface area contributed by atoms with E-state index in [2.05, 4.69) is 13.8 Å². The maximum Gasteiger partial charge on any atom is 0.266 e. The summed E-state index contributed by atoms with van der Waals surface area (Å²) in [4.78, 5) is 14.8. The number of benzene rings is 1. The molecule has 0 unspecified atom stereocenters. The molecule has 24 heavy (non-hydrogen) atoms. The zero-order chi connectivity index (χ0) is 17.7. The van der Waals surface area contributed by atoms with Gasteiger partial charge in [0.15, 0.2) is 11.5 Å². The van der Waals surface area contributed by atoms with Gasteiger partial charge in [0.25, 0.3) is 5.91 Å². The van der Waals surface area contributed by atoms with Crippen LogP contribution in [-0.2, 0) is 4.79 Å². The normalized spacial score (nSPS) is 16.4. The van der Waals surface area contributed by atoms with E-state index in [1.54, 1.807) is 4.90 Å². The molecule has 0 atom stereocenters. The molecule has 1 aliphatic heterocycles. The van der Waals surface area contributed by atoms with Crippen molar-refractivity contribution in [3.8, 4) is 11.5 Å². The van der Waals surface area contributed by atoms with E-state index in [4.69, 9.17) is 21.7 Å². The van der Waals surface area contributed by atoms with Crippen LogP contribution in [-0.4, -0.2) is 34.9 Å². The Kier molecular flexibility index (Phi) is 6.69. The summed E-state index contributed by atoms with van der Waals surface area (Å²) in [5, 5.41) is 0. The van der Waals surface area contributed by atoms with Crippen LogP contribution in [0, 0.1) is 5.92 Å². The maximum absolute atomic E-state index is 12.5. The Balaban J connectivity index is 2.26. The number of hydrogen-bond donors (Lipinski definition) is 0. The predicted octanol–water partition coefficient (Wildman–Crippen LogP) is 4.34. The summed E-state index contributed by atoms with van der Waals surface area (Å²) in [6.07, 6.45) is 1.86. The number of hydrogen-bond acceptors (Lipinski definition) is 5. The van der Waals surface area contributed by atoms with Crippen molar-refractivity contribution in [3.05, 3.63) is 28.7 Å². The average Bonchev–Trinajstić information content (AvgIpc) is 2.77. The van der Waals surface area contributed by atoms with E-state index in [0.717, 1.165) is 5.56 Å². The summed E-state index contributed by atoms with van der Waals surface area (Å²) in [5.41, 5.74) is 0.895. The standard InChI is InChI=1S/C18H23NO3S2/c1-5-21-14-8-7-13(9-15(14)22-6-2)10-16-17(20)19(11-12(3)4)18(23)24-16/h7-10,12H,5-6,11H2,1-4H3/b16-10-. The Morgan fingerprint density at radius 3 is 2.50 bits per heavy atom. The third-order valence-electron chi connectivity index (χ3n) is 3.29. The first kappa shape index (κ1) is 18.8. The van der Waals surface area contributed by atoms with E-state index in [9.17, 15) is 4.79 Å². The second-order valence-corrected chi connectivity index (χ2v) is 7.43. The van der Waals surface area contributed by atoms with Crippen molar-refractivity contribution in [2.75, 3.05) is 19.8 Å². The molecule has 4 nitrogen and oxygen atoms in total. The molecular formula is C18H23NO3S2. The lowest BCUT2D eigenvalue weighted by Gasteiger charge is -2.16. The van der Waals surface area contributed by atoms with Gasteiger partial charge in [0.05, 0.1) is 18.1 Å². The van der Waals surface area contributed by atoms with Crippen molar-refractivity contribution >= 4 is 40.3 Å². The molecule has 0 N–H and O–H groups in total. The van der Waals surface area contributed by atoms with Crippen LogP contribution in [0.1, 0.15) is 33.3 Å². The molecule has 6 heteroatoms. The Labute approximate surface area is 153 Å². The van der Waals surface area contributed by atoms with Gasteiger partial charge in [-0.05, 0) is 43.5 Å². The highest BCUT2D eigenvalue weighted by Gasteiger charge is 2.32. The van der Waals surface area contributed by atoms with Crippen LogP contribution >= 0.6 is 24.0 Å². The van der Waals surface area contributed by atoms with Crippen molar-refractivity contribution in [1.82, 2.24) is 4.90 Å². The Morgan fingerprint density at radius 1 is 1.21 bits per heavy atom. The molecule has 0 aromatic heterocycles. The molecule has 0 aliphatic carbocycles. The summed E-state index contributed by atoms with van der Waals surface area (Å²) < 4.78 is 11.8. The molecular weight excluding hydrogens is 342 g/mol. The second-order valence-electron chi connectivity index (χ2n) is 5.76. The fourth-order valence-corrected chi connectivity index (χ4v) is 3.61. The highest BCUT2D eigenvalue weighted by Crippen LogP contribution is 2.35. The molecule has 1 fully saturated rings. The molecule has 1 aromatic carbocycles. The van der Waals surface area contributed by atoms with E-state index in [-0.39, 0.29) is 5.91 Å². The lowest BCUT2D eigenvalue weighted by Crippen LogP contribution is -2.31. The molecule has 0 spiro atoms. The first-order valence-corrected chi connectivity index (χ1v) is 9.33. The minimum absolute atomic E-state index is 0.0226. The first-order chi connectivity index (χ1) is 11.5. The van der Waals surface area contributed by atoms with Gasteiger partial charge in [0.2, 0.25) is 0 Å². The van der Waals surface area contributed by atoms with Gasteiger partial charge in [-0.15, -0.1) is 0 Å². The van der Waals surface area contributed by atoms with Crippen molar-refractivity contribution in [2.45, 2.75) is 27.7 Å². The fraction of sp³-hybridized carbons (Fsp3) is 0.444. The van der Waals surface area contributed by atoms with Crippen molar-refractivity contribution in [3.63, 3.8) is 0 Å². The van der Waals surface area contributed by atoms with Gasteiger partial charge >= 0.3 is 0 Å². The van der Waals surface area contributed by atoms with Crippen LogP contribution < -0.4 is 9.47 Å². The average molecular weight is 366 g/mol. The first-order valence-electron chi connectivity index (χ1n) is 8.11. The summed E-state index contributed by atoms with van der Waals surface area (Å²) >= 11 is 6.68. The van der Waals surface area contributed by atoms with Crippen LogP contribution in [0.25, 0.3) is 6.08 Å². The van der Waals surface area contributed by atoms with E-state index in [1.807, 2.05) is 38.1 Å². The van der Waals surface area contributed by atoms with Crippen molar-refractivity contribution in [1.29, 1.82) is 0 Å². The van der Waals surface area contributed by atoms with Gasteiger partial charge < -0.3 is 9.47 Å². The Hall–Kier alpha value is -1.53. The Morgan fingerprint density at radius 2 is 1.88 bits per heavy atom. The molecule has 0 saturated carbocycles. The predicted molar refractivity (Wildman–Crippen MR) is 103 cm³/mol. The van der Waals surface area contributed by atoms with Gasteiger partial charge in [-0.1, -0.05) is 43.9 Å². The highest BCUT2D eigenvalue weighted by atomic mass is 32.2. The largest absolute Gasteiger partial charge is 0.490 e. The minimum atomic E-state index is -0.0226. The third kappa shape index (κ3) is 4.51. The summed E-state index contributed by atoms with van der Waals surface area (Å²) in [7, 11) is 0. The van der Waals surface area contributed by atoms with Gasteiger partial charge in [-0.25, -0.2) is 0 Å². The van der Waals surface area contributed by atoms with Crippen LogP contribution in [0.2, 0.25) is 0 Å². The molecule has 1 aliphatic rings.